The molecule has 1 aliphatic heterocycles. The molecule has 0 bridgehead atoms. The molecular formula is C13H19N3O2. The van der Waals surface area contributed by atoms with Gasteiger partial charge in [-0.05, 0) is 12.5 Å². The summed E-state index contributed by atoms with van der Waals surface area (Å²) in [7, 11) is 0. The van der Waals surface area contributed by atoms with Crippen LogP contribution in [0.1, 0.15) is 12.5 Å². The van der Waals surface area contributed by atoms with Crippen molar-refractivity contribution in [3.8, 4) is 0 Å². The number of morpholine rings is 1. The number of hydrogen-bond acceptors (Lipinski definition) is 4. The highest BCUT2D eigenvalue weighted by atomic mass is 16.5. The highest BCUT2D eigenvalue weighted by Crippen LogP contribution is 2.14. The lowest BCUT2D eigenvalue weighted by molar-refractivity contribution is -0.146. The smallest absolute Gasteiger partial charge is 0.264 e. The summed E-state index contributed by atoms with van der Waals surface area (Å²) in [4.78, 5) is 13.7. The summed E-state index contributed by atoms with van der Waals surface area (Å²) in [5.41, 5.74) is 3.38. The number of nitrogens with zero attached hydrogens (tertiary/aromatic N) is 1. The van der Waals surface area contributed by atoms with E-state index in [1.54, 1.807) is 0 Å². The predicted octanol–water partition coefficient (Wildman–Crippen LogP) is 0.266. The number of nitrogens with one attached hydrogen (secondary N) is 1. The average Bonchev–Trinajstić information content (AvgIpc) is 2.38. The van der Waals surface area contributed by atoms with Crippen LogP contribution in [-0.4, -0.2) is 36.1 Å². The van der Waals surface area contributed by atoms with Crippen molar-refractivity contribution in [2.75, 3.05) is 13.1 Å². The van der Waals surface area contributed by atoms with E-state index in [1.807, 2.05) is 25.1 Å². The zero-order valence-electron chi connectivity index (χ0n) is 10.5. The first-order chi connectivity index (χ1) is 8.69. The lowest BCUT2D eigenvalue weighted by atomic mass is 10.1. The normalized spacial score (nSPS) is 24.8. The number of benzene rings is 1. The van der Waals surface area contributed by atoms with Crippen LogP contribution in [0.4, 0.5) is 0 Å². The summed E-state index contributed by atoms with van der Waals surface area (Å²) in [6, 6.07) is 10.2. The van der Waals surface area contributed by atoms with E-state index in [0.717, 1.165) is 13.1 Å². The van der Waals surface area contributed by atoms with Gasteiger partial charge in [-0.3, -0.25) is 15.1 Å². The van der Waals surface area contributed by atoms with E-state index >= 15 is 0 Å². The second kappa shape index (κ2) is 5.95. The number of hydrazine groups is 1. The van der Waals surface area contributed by atoms with Gasteiger partial charge in [-0.15, -0.1) is 0 Å². The zero-order chi connectivity index (χ0) is 13.0. The van der Waals surface area contributed by atoms with Crippen LogP contribution in [-0.2, 0) is 16.1 Å². The van der Waals surface area contributed by atoms with Crippen molar-refractivity contribution < 1.29 is 9.53 Å². The Labute approximate surface area is 107 Å². The fourth-order valence-corrected chi connectivity index (χ4v) is 2.25. The van der Waals surface area contributed by atoms with E-state index in [2.05, 4.69) is 22.5 Å². The first kappa shape index (κ1) is 13.0. The molecule has 0 unspecified atom stereocenters. The van der Waals surface area contributed by atoms with E-state index < -0.39 is 6.10 Å². The summed E-state index contributed by atoms with van der Waals surface area (Å²) < 4.78 is 5.57. The van der Waals surface area contributed by atoms with Crippen molar-refractivity contribution in [3.05, 3.63) is 35.9 Å². The SMILES string of the molecule is C[C@H]1CN(Cc2ccccc2)C[C@H](C(=O)NN)O1. The summed E-state index contributed by atoms with van der Waals surface area (Å²) in [6.07, 6.45) is -0.452. The fraction of sp³-hybridized carbons (Fsp3) is 0.462. The Hall–Kier alpha value is -1.43. The summed E-state index contributed by atoms with van der Waals surface area (Å²) in [6.45, 7) is 4.18. The van der Waals surface area contributed by atoms with Crippen LogP contribution in [0, 0.1) is 0 Å². The first-order valence-electron chi connectivity index (χ1n) is 6.11. The summed E-state index contributed by atoms with van der Waals surface area (Å²) >= 11 is 0. The molecule has 1 saturated heterocycles. The minimum Gasteiger partial charge on any atom is -0.363 e. The molecule has 3 N–H and O–H groups in total. The van der Waals surface area contributed by atoms with Gasteiger partial charge in [0.25, 0.3) is 5.91 Å². The van der Waals surface area contributed by atoms with E-state index in [4.69, 9.17) is 10.6 Å². The van der Waals surface area contributed by atoms with Gasteiger partial charge < -0.3 is 4.74 Å². The Morgan fingerprint density at radius 1 is 1.44 bits per heavy atom. The molecule has 2 rings (SSSR count). The monoisotopic (exact) mass is 249 g/mol. The molecule has 1 aromatic carbocycles. The third-order valence-corrected chi connectivity index (χ3v) is 3.02. The van der Waals surface area contributed by atoms with E-state index in [-0.39, 0.29) is 12.0 Å². The molecule has 0 radical (unpaired) electrons. The third-order valence-electron chi connectivity index (χ3n) is 3.02. The van der Waals surface area contributed by atoms with Crippen LogP contribution in [0.25, 0.3) is 0 Å². The standard InChI is InChI=1S/C13H19N3O2/c1-10-7-16(8-11-5-3-2-4-6-11)9-12(18-10)13(17)15-14/h2-6,10,12H,7-9,14H2,1H3,(H,15,17)/t10-,12+/m0/s1. The molecule has 98 valence electrons. The lowest BCUT2D eigenvalue weighted by Gasteiger charge is -2.35. The number of carbonyl (C=O) groups excluding carboxylic acids is 1. The number of hydrogen-bond donors (Lipinski definition) is 2. The molecule has 5 nitrogen and oxygen atoms in total. The molecule has 0 aliphatic carbocycles. The van der Waals surface area contributed by atoms with Crippen molar-refractivity contribution >= 4 is 5.91 Å². The summed E-state index contributed by atoms with van der Waals surface area (Å²) in [5.74, 6) is 4.88. The van der Waals surface area contributed by atoms with Gasteiger partial charge in [0.05, 0.1) is 6.10 Å². The van der Waals surface area contributed by atoms with Gasteiger partial charge in [0, 0.05) is 19.6 Å². The molecule has 2 atom stereocenters. The molecule has 1 heterocycles. The predicted molar refractivity (Wildman–Crippen MR) is 68.4 cm³/mol. The second-order valence-electron chi connectivity index (χ2n) is 4.62. The molecule has 0 spiro atoms. The van der Waals surface area contributed by atoms with E-state index in [0.29, 0.717) is 6.54 Å². The van der Waals surface area contributed by atoms with Gasteiger partial charge in [-0.1, -0.05) is 30.3 Å². The minimum atomic E-state index is -0.484. The molecular weight excluding hydrogens is 230 g/mol. The van der Waals surface area contributed by atoms with E-state index in [1.165, 1.54) is 5.56 Å². The maximum atomic E-state index is 11.5. The largest absolute Gasteiger partial charge is 0.363 e. The Morgan fingerprint density at radius 2 is 2.17 bits per heavy atom. The van der Waals surface area contributed by atoms with Crippen molar-refractivity contribution in [1.82, 2.24) is 10.3 Å². The van der Waals surface area contributed by atoms with Gasteiger partial charge in [0.15, 0.2) is 6.10 Å². The highest BCUT2D eigenvalue weighted by Gasteiger charge is 2.29. The molecule has 1 fully saturated rings. The van der Waals surface area contributed by atoms with E-state index in [9.17, 15) is 4.79 Å². The fourth-order valence-electron chi connectivity index (χ4n) is 2.25. The molecule has 1 aliphatic rings. The Bertz CT molecular complexity index is 396. The topological polar surface area (TPSA) is 67.6 Å². The third kappa shape index (κ3) is 3.29. The van der Waals surface area contributed by atoms with Crippen molar-refractivity contribution in [1.29, 1.82) is 0 Å². The van der Waals surface area contributed by atoms with Gasteiger partial charge in [-0.2, -0.15) is 0 Å². The minimum absolute atomic E-state index is 0.0322. The molecule has 1 amide bonds. The van der Waals surface area contributed by atoms with Gasteiger partial charge in [0.2, 0.25) is 0 Å². The molecule has 1 aromatic rings. The van der Waals surface area contributed by atoms with Crippen LogP contribution >= 0.6 is 0 Å². The maximum Gasteiger partial charge on any atom is 0.264 e. The molecule has 5 heteroatoms. The van der Waals surface area contributed by atoms with Gasteiger partial charge >= 0.3 is 0 Å². The zero-order valence-corrected chi connectivity index (χ0v) is 10.5. The maximum absolute atomic E-state index is 11.5. The first-order valence-corrected chi connectivity index (χ1v) is 6.11. The molecule has 0 saturated carbocycles. The van der Waals surface area contributed by atoms with Crippen molar-refractivity contribution in [2.24, 2.45) is 5.84 Å². The Kier molecular flexibility index (Phi) is 4.30. The number of carbonyl (C=O) groups is 1. The molecule has 0 aromatic heterocycles. The Morgan fingerprint density at radius 3 is 2.83 bits per heavy atom. The number of ether oxygens (including phenoxy) is 1. The van der Waals surface area contributed by atoms with Crippen molar-refractivity contribution in [2.45, 2.75) is 25.7 Å². The second-order valence-corrected chi connectivity index (χ2v) is 4.62. The molecule has 18 heavy (non-hydrogen) atoms. The van der Waals surface area contributed by atoms with Crippen LogP contribution in [0.3, 0.4) is 0 Å². The van der Waals surface area contributed by atoms with Gasteiger partial charge in [-0.25, -0.2) is 5.84 Å². The summed E-state index contributed by atoms with van der Waals surface area (Å²) in [5, 5.41) is 0. The van der Waals surface area contributed by atoms with Crippen LogP contribution in [0.15, 0.2) is 30.3 Å². The van der Waals surface area contributed by atoms with Crippen LogP contribution < -0.4 is 11.3 Å². The number of rotatable bonds is 3. The highest BCUT2D eigenvalue weighted by molar-refractivity contribution is 5.80. The number of nitrogens with two attached hydrogens (primary N) is 1. The number of amides is 1. The van der Waals surface area contributed by atoms with Crippen LogP contribution in [0.5, 0.6) is 0 Å². The van der Waals surface area contributed by atoms with Gasteiger partial charge in [0.1, 0.15) is 0 Å². The lowest BCUT2D eigenvalue weighted by Crippen LogP contribution is -2.53. The van der Waals surface area contributed by atoms with Crippen molar-refractivity contribution in [3.63, 3.8) is 0 Å². The quantitative estimate of drug-likeness (QED) is 0.458. The van der Waals surface area contributed by atoms with Crippen LogP contribution in [0.2, 0.25) is 0 Å². The Balaban J connectivity index is 1.98. The average molecular weight is 249 g/mol.